The second-order valence-electron chi connectivity index (χ2n) is 12.2. The van der Waals surface area contributed by atoms with Gasteiger partial charge in [0.15, 0.2) is 6.61 Å². The van der Waals surface area contributed by atoms with Crippen LogP contribution in [0.5, 0.6) is 11.5 Å². The standard InChI is InChI=1S/C33H45N3O12S/c1-19-7-5-8-21(34-26(40)18-49-33-31(44)30(43)29(42)25(16-37)48-33)9-6-10-22(35-46-17-27(41)36-11-3-2-4-12-36)13-20-14-23(38)15-24(39)28(20)32(45)47-19/h5-6,8,10,14-15,19,21,25,29-31,33,37-39,42-44H,2-4,7,9,11-13,16-18H2,1H3,(H,34,40)/b8-5+,10-6+,35-22+/t19-,21-,25+,29+,30-,31+,33-/m1/s1. The van der Waals surface area contributed by atoms with Crippen LogP contribution in [-0.4, -0.2) is 133 Å². The number of thioether (sulfide) groups is 1. The van der Waals surface area contributed by atoms with Gasteiger partial charge < -0.3 is 55.2 Å². The van der Waals surface area contributed by atoms with Crippen LogP contribution < -0.4 is 5.32 Å². The summed E-state index contributed by atoms with van der Waals surface area (Å²) in [5, 5.41) is 67.6. The summed E-state index contributed by atoms with van der Waals surface area (Å²) in [4.78, 5) is 45.9. The number of likely N-dealkylation sites (tertiary alicyclic amines) is 1. The van der Waals surface area contributed by atoms with E-state index in [2.05, 4.69) is 10.5 Å². The molecule has 0 radical (unpaired) electrons. The second kappa shape index (κ2) is 18.4. The first-order valence-corrected chi connectivity index (χ1v) is 17.3. The SMILES string of the molecule is C[C@@H]1C/C=C/[C@@H](NC(=O)CS[C@H]2O[C@@H](CO)[C@H](O)[C@@H](O)[C@@H]2O)C/C=C/C(=N\OCC(=O)N2CCCCC2)Cc2cc(O)cc(O)c2C(=O)O1. The molecule has 0 bridgehead atoms. The van der Waals surface area contributed by atoms with E-state index in [4.69, 9.17) is 14.3 Å². The van der Waals surface area contributed by atoms with Gasteiger partial charge in [0.05, 0.1) is 24.1 Å². The van der Waals surface area contributed by atoms with E-state index < -0.39 is 66.2 Å². The van der Waals surface area contributed by atoms with Crippen LogP contribution in [0.3, 0.4) is 0 Å². The molecule has 7 atom stereocenters. The number of rotatable bonds is 8. The number of nitrogens with zero attached hydrogens (tertiary/aromatic N) is 2. The molecule has 2 amide bonds. The summed E-state index contributed by atoms with van der Waals surface area (Å²) >= 11 is 0.900. The Bertz CT molecular complexity index is 1400. The lowest BCUT2D eigenvalue weighted by Gasteiger charge is -2.39. The summed E-state index contributed by atoms with van der Waals surface area (Å²) in [5.74, 6) is -2.39. The first kappa shape index (κ1) is 38.1. The lowest BCUT2D eigenvalue weighted by Crippen LogP contribution is -2.57. The number of carbonyl (C=O) groups is 3. The number of ether oxygens (including phenoxy) is 2. The van der Waals surface area contributed by atoms with Gasteiger partial charge >= 0.3 is 5.97 Å². The molecule has 2 fully saturated rings. The van der Waals surface area contributed by atoms with Gasteiger partial charge in [0, 0.05) is 32.0 Å². The molecule has 0 unspecified atom stereocenters. The van der Waals surface area contributed by atoms with Crippen molar-refractivity contribution in [3.63, 3.8) is 0 Å². The predicted molar refractivity (Wildman–Crippen MR) is 178 cm³/mol. The molecule has 4 rings (SSSR count). The highest BCUT2D eigenvalue weighted by molar-refractivity contribution is 8.00. The van der Waals surface area contributed by atoms with Crippen LogP contribution in [-0.2, 0) is 30.3 Å². The average Bonchev–Trinajstić information content (AvgIpc) is 3.06. The molecule has 49 heavy (non-hydrogen) atoms. The molecule has 0 saturated carbocycles. The van der Waals surface area contributed by atoms with E-state index in [0.717, 1.165) is 37.1 Å². The van der Waals surface area contributed by atoms with E-state index in [1.54, 1.807) is 36.1 Å². The Labute approximate surface area is 288 Å². The zero-order valence-electron chi connectivity index (χ0n) is 27.2. The van der Waals surface area contributed by atoms with E-state index in [1.807, 2.05) is 0 Å². The fourth-order valence-corrected chi connectivity index (χ4v) is 6.62. The Hall–Kier alpha value is -3.67. The fraction of sp³-hybridized carbons (Fsp3) is 0.576. The molecule has 1 aromatic carbocycles. The Balaban J connectivity index is 1.50. The highest BCUT2D eigenvalue weighted by Gasteiger charge is 2.43. The summed E-state index contributed by atoms with van der Waals surface area (Å²) in [6, 6.07) is 1.80. The van der Waals surface area contributed by atoms with Crippen LogP contribution in [0.2, 0.25) is 0 Å². The highest BCUT2D eigenvalue weighted by atomic mass is 32.2. The summed E-state index contributed by atoms with van der Waals surface area (Å²) in [5.41, 5.74) is -0.744. The van der Waals surface area contributed by atoms with Crippen molar-refractivity contribution in [2.75, 3.05) is 32.1 Å². The third-order valence-corrected chi connectivity index (χ3v) is 9.40. The smallest absolute Gasteiger partial charge is 0.342 e. The third kappa shape index (κ3) is 10.9. The van der Waals surface area contributed by atoms with Crippen molar-refractivity contribution in [1.29, 1.82) is 0 Å². The van der Waals surface area contributed by atoms with E-state index in [0.29, 0.717) is 13.1 Å². The first-order chi connectivity index (χ1) is 23.5. The molecular weight excluding hydrogens is 662 g/mol. The molecule has 270 valence electrons. The number of aromatic hydroxyl groups is 2. The number of cyclic esters (lactones) is 1. The number of fused-ring (bicyclic) bond motifs is 1. The minimum atomic E-state index is -1.56. The topological polar surface area (TPSA) is 228 Å². The number of carbonyl (C=O) groups excluding carboxylic acids is 3. The Morgan fingerprint density at radius 3 is 2.55 bits per heavy atom. The number of hydrogen-bond acceptors (Lipinski definition) is 14. The summed E-state index contributed by atoms with van der Waals surface area (Å²) in [6.07, 6.45) is 3.85. The number of oxime groups is 1. The van der Waals surface area contributed by atoms with E-state index in [9.17, 15) is 45.0 Å². The van der Waals surface area contributed by atoms with Gasteiger partial charge in [0.2, 0.25) is 5.91 Å². The molecule has 15 nitrogen and oxygen atoms in total. The minimum absolute atomic E-state index is 0.0855. The Morgan fingerprint density at radius 1 is 1.06 bits per heavy atom. The average molecular weight is 708 g/mol. The maximum absolute atomic E-state index is 13.2. The molecule has 3 aliphatic rings. The van der Waals surface area contributed by atoms with E-state index in [1.165, 1.54) is 6.07 Å². The minimum Gasteiger partial charge on any atom is -0.508 e. The van der Waals surface area contributed by atoms with Gasteiger partial charge in [-0.3, -0.25) is 9.59 Å². The molecule has 3 heterocycles. The molecule has 16 heteroatoms. The van der Waals surface area contributed by atoms with Crippen LogP contribution in [0.4, 0.5) is 0 Å². The first-order valence-electron chi connectivity index (χ1n) is 16.2. The molecule has 0 aliphatic carbocycles. The normalized spacial score (nSPS) is 30.4. The molecule has 2 saturated heterocycles. The van der Waals surface area contributed by atoms with Gasteiger partial charge in [-0.15, -0.1) is 11.8 Å². The molecule has 1 aromatic rings. The number of aliphatic hydroxyl groups is 4. The van der Waals surface area contributed by atoms with Gasteiger partial charge in [0.25, 0.3) is 5.91 Å². The number of amides is 2. The Morgan fingerprint density at radius 2 is 1.82 bits per heavy atom. The van der Waals surface area contributed by atoms with Crippen LogP contribution in [0.1, 0.15) is 54.9 Å². The summed E-state index contributed by atoms with van der Waals surface area (Å²) in [7, 11) is 0. The summed E-state index contributed by atoms with van der Waals surface area (Å²) in [6.45, 7) is 2.07. The zero-order chi connectivity index (χ0) is 35.5. The van der Waals surface area contributed by atoms with Gasteiger partial charge in [-0.2, -0.15) is 0 Å². The molecular formula is C33H45N3O12S. The van der Waals surface area contributed by atoms with Gasteiger partial charge in [0.1, 0.15) is 53.0 Å². The second-order valence-corrected chi connectivity index (χ2v) is 13.3. The number of phenols is 2. The Kier molecular flexibility index (Phi) is 14.3. The number of allylic oxidation sites excluding steroid dienone is 1. The number of piperidine rings is 1. The molecule has 3 aliphatic heterocycles. The summed E-state index contributed by atoms with van der Waals surface area (Å²) < 4.78 is 11.0. The largest absolute Gasteiger partial charge is 0.508 e. The highest BCUT2D eigenvalue weighted by Crippen LogP contribution is 2.30. The van der Waals surface area contributed by atoms with Crippen molar-refractivity contribution in [2.24, 2.45) is 5.16 Å². The monoisotopic (exact) mass is 707 g/mol. The maximum Gasteiger partial charge on any atom is 0.342 e. The van der Waals surface area contributed by atoms with Gasteiger partial charge in [-0.1, -0.05) is 23.4 Å². The number of benzene rings is 1. The predicted octanol–water partition coefficient (Wildman–Crippen LogP) is 0.495. The van der Waals surface area contributed by atoms with E-state index in [-0.39, 0.29) is 60.1 Å². The van der Waals surface area contributed by atoms with Crippen molar-refractivity contribution in [3.8, 4) is 11.5 Å². The number of aliphatic hydroxyl groups excluding tert-OH is 4. The molecule has 7 N–H and O–H groups in total. The lowest BCUT2D eigenvalue weighted by atomic mass is 9.99. The number of nitrogens with one attached hydrogen (secondary N) is 1. The van der Waals surface area contributed by atoms with Gasteiger partial charge in [-0.25, -0.2) is 4.79 Å². The van der Waals surface area contributed by atoms with Crippen LogP contribution in [0, 0.1) is 0 Å². The quantitative estimate of drug-likeness (QED) is 0.111. The zero-order valence-corrected chi connectivity index (χ0v) is 28.0. The third-order valence-electron chi connectivity index (χ3n) is 8.26. The maximum atomic E-state index is 13.2. The van der Waals surface area contributed by atoms with Crippen molar-refractivity contribution in [3.05, 3.63) is 47.6 Å². The number of esters is 1. The number of phenolic OH excluding ortho intramolecular Hbond substituents is 2. The van der Waals surface area contributed by atoms with Crippen LogP contribution >= 0.6 is 11.8 Å². The molecule has 0 aromatic heterocycles. The van der Waals surface area contributed by atoms with Crippen molar-refractivity contribution >= 4 is 35.3 Å². The lowest BCUT2D eigenvalue weighted by molar-refractivity contribution is -0.205. The van der Waals surface area contributed by atoms with Gasteiger partial charge in [-0.05, 0) is 50.3 Å². The fourth-order valence-electron chi connectivity index (χ4n) is 5.64. The van der Waals surface area contributed by atoms with Crippen molar-refractivity contribution in [1.82, 2.24) is 10.2 Å². The number of hydrogen-bond donors (Lipinski definition) is 7. The van der Waals surface area contributed by atoms with Crippen LogP contribution in [0.25, 0.3) is 0 Å². The molecule has 0 spiro atoms. The van der Waals surface area contributed by atoms with E-state index >= 15 is 0 Å². The van der Waals surface area contributed by atoms with Crippen LogP contribution in [0.15, 0.2) is 41.6 Å². The van der Waals surface area contributed by atoms with Crippen molar-refractivity contribution < 1.29 is 59.3 Å². The van der Waals surface area contributed by atoms with Crippen molar-refractivity contribution in [2.45, 2.75) is 87.4 Å².